The first-order chi connectivity index (χ1) is 8.01. The second-order valence-corrected chi connectivity index (χ2v) is 3.87. The second kappa shape index (κ2) is 6.57. The van der Waals surface area contributed by atoms with Crippen LogP contribution in [0.3, 0.4) is 0 Å². The first kappa shape index (κ1) is 14.7. The monoisotopic (exact) mass is 254 g/mol. The molecule has 0 aromatic rings. The molecule has 17 heavy (non-hydrogen) atoms. The fourth-order valence-corrected chi connectivity index (χ4v) is 1.46. The van der Waals surface area contributed by atoms with E-state index in [0.29, 0.717) is 0 Å². The summed E-state index contributed by atoms with van der Waals surface area (Å²) in [6, 6.07) is 0. The molecule has 0 spiro atoms. The predicted molar refractivity (Wildman–Crippen MR) is 52.8 cm³/mol. The van der Waals surface area contributed by atoms with Crippen molar-refractivity contribution in [3.05, 3.63) is 0 Å². The van der Waals surface area contributed by atoms with E-state index in [9.17, 15) is 15.3 Å². The van der Waals surface area contributed by atoms with Crippen molar-refractivity contribution in [3.63, 3.8) is 0 Å². The third kappa shape index (κ3) is 3.57. The van der Waals surface area contributed by atoms with Crippen molar-refractivity contribution < 1.29 is 40.1 Å². The van der Waals surface area contributed by atoms with Crippen molar-refractivity contribution in [2.24, 2.45) is 0 Å². The summed E-state index contributed by atoms with van der Waals surface area (Å²) in [6.07, 6.45) is -7.94. The number of ether oxygens (including phenoxy) is 2. The summed E-state index contributed by atoms with van der Waals surface area (Å²) < 4.78 is 9.93. The first-order valence-electron chi connectivity index (χ1n) is 5.22. The van der Waals surface area contributed by atoms with Crippen LogP contribution in [0.2, 0.25) is 0 Å². The number of hydrogen-bond acceptors (Lipinski definition) is 8. The Morgan fingerprint density at radius 3 is 2.24 bits per heavy atom. The summed E-state index contributed by atoms with van der Waals surface area (Å²) >= 11 is 0. The highest BCUT2D eigenvalue weighted by molar-refractivity contribution is 4.88. The Hall–Kier alpha value is -0.320. The Labute approximate surface area is 97.6 Å². The predicted octanol–water partition coefficient (Wildman–Crippen LogP) is -3.84. The van der Waals surface area contributed by atoms with Crippen molar-refractivity contribution in [3.8, 4) is 0 Å². The third-order valence-electron chi connectivity index (χ3n) is 2.51. The zero-order valence-corrected chi connectivity index (χ0v) is 9.09. The Kier molecular flexibility index (Phi) is 5.70. The van der Waals surface area contributed by atoms with E-state index in [0.717, 1.165) is 0 Å². The van der Waals surface area contributed by atoms with Crippen LogP contribution in [0.15, 0.2) is 0 Å². The van der Waals surface area contributed by atoms with E-state index >= 15 is 0 Å². The molecule has 0 saturated carbocycles. The molecule has 1 aliphatic heterocycles. The Morgan fingerprint density at radius 2 is 1.71 bits per heavy atom. The van der Waals surface area contributed by atoms with Gasteiger partial charge in [-0.1, -0.05) is 0 Å². The maximum atomic E-state index is 9.52. The fourth-order valence-electron chi connectivity index (χ4n) is 1.46. The van der Waals surface area contributed by atoms with E-state index in [1.165, 1.54) is 0 Å². The van der Waals surface area contributed by atoms with Gasteiger partial charge < -0.3 is 40.1 Å². The molecule has 0 aromatic heterocycles. The van der Waals surface area contributed by atoms with Crippen LogP contribution < -0.4 is 0 Å². The van der Waals surface area contributed by atoms with Crippen molar-refractivity contribution in [1.29, 1.82) is 0 Å². The summed E-state index contributed by atoms with van der Waals surface area (Å²) in [4.78, 5) is 0. The molecule has 1 heterocycles. The molecule has 6 N–H and O–H groups in total. The molecule has 102 valence electrons. The minimum atomic E-state index is -1.52. The molecule has 0 aliphatic carbocycles. The molecule has 1 aliphatic rings. The van der Waals surface area contributed by atoms with E-state index in [1.54, 1.807) is 0 Å². The molecule has 0 unspecified atom stereocenters. The lowest BCUT2D eigenvalue weighted by Gasteiger charge is -2.39. The van der Waals surface area contributed by atoms with Crippen molar-refractivity contribution in [2.75, 3.05) is 19.8 Å². The standard InChI is InChI=1S/C9H18O8/c10-1-4(12)3-16-9-8(15)7(14)6(13)5(2-11)17-9/h4-15H,1-3H2/t4-,5-,6-,7+,8-,9+/m1/s1. The topological polar surface area (TPSA) is 140 Å². The maximum Gasteiger partial charge on any atom is 0.186 e. The van der Waals surface area contributed by atoms with Gasteiger partial charge in [0, 0.05) is 0 Å². The highest BCUT2D eigenvalue weighted by Crippen LogP contribution is 2.21. The van der Waals surface area contributed by atoms with Crippen LogP contribution in [0, 0.1) is 0 Å². The molecule has 1 fully saturated rings. The number of aliphatic hydroxyl groups excluding tert-OH is 6. The van der Waals surface area contributed by atoms with Crippen LogP contribution in [0.5, 0.6) is 0 Å². The quantitative estimate of drug-likeness (QED) is 0.293. The largest absolute Gasteiger partial charge is 0.394 e. The number of aliphatic hydroxyl groups is 6. The Bertz CT molecular complexity index is 223. The van der Waals surface area contributed by atoms with Gasteiger partial charge in [0.15, 0.2) is 6.29 Å². The normalized spacial score (nSPS) is 40.2. The van der Waals surface area contributed by atoms with Crippen molar-refractivity contribution in [2.45, 2.75) is 36.8 Å². The van der Waals surface area contributed by atoms with Gasteiger partial charge in [-0.3, -0.25) is 0 Å². The van der Waals surface area contributed by atoms with E-state index in [2.05, 4.69) is 0 Å². The summed E-state index contributed by atoms with van der Waals surface area (Å²) in [5.74, 6) is 0. The number of hydrogen-bond donors (Lipinski definition) is 6. The molecule has 6 atom stereocenters. The zero-order chi connectivity index (χ0) is 13.0. The molecule has 8 nitrogen and oxygen atoms in total. The lowest BCUT2D eigenvalue weighted by atomic mass is 9.99. The minimum Gasteiger partial charge on any atom is -0.394 e. The average molecular weight is 254 g/mol. The van der Waals surface area contributed by atoms with Gasteiger partial charge in [0.2, 0.25) is 0 Å². The highest BCUT2D eigenvalue weighted by atomic mass is 16.7. The van der Waals surface area contributed by atoms with Gasteiger partial charge in [-0.25, -0.2) is 0 Å². The van der Waals surface area contributed by atoms with Crippen molar-refractivity contribution in [1.82, 2.24) is 0 Å². The molecule has 0 radical (unpaired) electrons. The van der Waals surface area contributed by atoms with Crippen LogP contribution in [0.1, 0.15) is 0 Å². The lowest BCUT2D eigenvalue weighted by molar-refractivity contribution is -0.304. The fraction of sp³-hybridized carbons (Fsp3) is 1.00. The smallest absolute Gasteiger partial charge is 0.186 e. The van der Waals surface area contributed by atoms with Gasteiger partial charge in [-0.2, -0.15) is 0 Å². The van der Waals surface area contributed by atoms with E-state index in [-0.39, 0.29) is 6.61 Å². The van der Waals surface area contributed by atoms with Gasteiger partial charge in [0.05, 0.1) is 19.8 Å². The van der Waals surface area contributed by atoms with E-state index in [1.807, 2.05) is 0 Å². The van der Waals surface area contributed by atoms with Gasteiger partial charge >= 0.3 is 0 Å². The number of rotatable bonds is 5. The zero-order valence-electron chi connectivity index (χ0n) is 9.09. The molecule has 0 bridgehead atoms. The van der Waals surface area contributed by atoms with E-state index in [4.69, 9.17) is 24.8 Å². The summed E-state index contributed by atoms with van der Waals surface area (Å²) in [7, 11) is 0. The minimum absolute atomic E-state index is 0.306. The first-order valence-corrected chi connectivity index (χ1v) is 5.22. The van der Waals surface area contributed by atoms with Crippen LogP contribution in [-0.2, 0) is 9.47 Å². The molecule has 0 amide bonds. The summed E-state index contributed by atoms with van der Waals surface area (Å²) in [5, 5.41) is 54.9. The summed E-state index contributed by atoms with van der Waals surface area (Å²) in [6.45, 7) is -1.37. The van der Waals surface area contributed by atoms with Crippen molar-refractivity contribution >= 4 is 0 Å². The molecule has 1 saturated heterocycles. The van der Waals surface area contributed by atoms with Gasteiger partial charge in [0.25, 0.3) is 0 Å². The second-order valence-electron chi connectivity index (χ2n) is 3.87. The SMILES string of the molecule is OC[C@@H](O)CO[C@H]1O[C@H](CO)[C@@H](O)[C@H](O)[C@H]1O. The third-order valence-corrected chi connectivity index (χ3v) is 2.51. The molecule has 1 rings (SSSR count). The maximum absolute atomic E-state index is 9.52. The lowest BCUT2D eigenvalue weighted by Crippen LogP contribution is -2.59. The summed E-state index contributed by atoms with van der Waals surface area (Å²) in [5.41, 5.74) is 0. The van der Waals surface area contributed by atoms with Gasteiger partial charge in [0.1, 0.15) is 30.5 Å². The van der Waals surface area contributed by atoms with Crippen LogP contribution in [0.4, 0.5) is 0 Å². The highest BCUT2D eigenvalue weighted by Gasteiger charge is 2.44. The molecular formula is C9H18O8. The van der Waals surface area contributed by atoms with Gasteiger partial charge in [-0.05, 0) is 0 Å². The van der Waals surface area contributed by atoms with Gasteiger partial charge in [-0.15, -0.1) is 0 Å². The Balaban J connectivity index is 2.53. The average Bonchev–Trinajstić information content (AvgIpc) is 2.34. The molecular weight excluding hydrogens is 236 g/mol. The molecule has 0 aromatic carbocycles. The van der Waals surface area contributed by atoms with Crippen LogP contribution in [-0.4, -0.2) is 87.3 Å². The van der Waals surface area contributed by atoms with Crippen LogP contribution >= 0.6 is 0 Å². The Morgan fingerprint density at radius 1 is 1.06 bits per heavy atom. The molecule has 8 heteroatoms. The van der Waals surface area contributed by atoms with Crippen LogP contribution in [0.25, 0.3) is 0 Å². The van der Waals surface area contributed by atoms with E-state index < -0.39 is 50.0 Å².